The Labute approximate surface area is 148 Å². The van der Waals surface area contributed by atoms with Crippen molar-refractivity contribution in [3.05, 3.63) is 59.7 Å². The highest BCUT2D eigenvalue weighted by Gasteiger charge is 2.22. The average molecular weight is 363 g/mol. The normalized spacial score (nSPS) is 11.4. The van der Waals surface area contributed by atoms with E-state index in [1.54, 1.807) is 20.0 Å². The Morgan fingerprint density at radius 2 is 1.80 bits per heavy atom. The number of benzene rings is 2. The number of ether oxygens (including phenoxy) is 2. The van der Waals surface area contributed by atoms with Gasteiger partial charge in [-0.1, -0.05) is 30.3 Å². The summed E-state index contributed by atoms with van der Waals surface area (Å²) in [6.45, 7) is 1.78. The van der Waals surface area contributed by atoms with Gasteiger partial charge in [0.05, 0.1) is 12.0 Å². The minimum absolute atomic E-state index is 0.175. The number of hydrogen-bond acceptors (Lipinski definition) is 5. The van der Waals surface area contributed by atoms with Crippen LogP contribution in [0.1, 0.15) is 11.1 Å². The fourth-order valence-corrected chi connectivity index (χ4v) is 3.49. The fourth-order valence-electron chi connectivity index (χ4n) is 2.25. The molecule has 0 bridgehead atoms. The molecule has 0 saturated heterocycles. The second-order valence-corrected chi connectivity index (χ2v) is 7.58. The summed E-state index contributed by atoms with van der Waals surface area (Å²) in [5.41, 5.74) is 1.53. The molecular formula is C18H21NO5S. The molecule has 6 nitrogen and oxygen atoms in total. The summed E-state index contributed by atoms with van der Waals surface area (Å²) < 4.78 is 36.6. The quantitative estimate of drug-likeness (QED) is 0.706. The van der Waals surface area contributed by atoms with Crippen LogP contribution >= 0.6 is 0 Å². The third-order valence-corrected chi connectivity index (χ3v) is 5.48. The molecule has 25 heavy (non-hydrogen) atoms. The number of esters is 1. The van der Waals surface area contributed by atoms with Gasteiger partial charge in [0.2, 0.25) is 10.0 Å². The number of sulfonamides is 1. The Hall–Kier alpha value is -2.38. The van der Waals surface area contributed by atoms with Crippen LogP contribution in [0.2, 0.25) is 0 Å². The maximum absolute atomic E-state index is 12.7. The van der Waals surface area contributed by atoms with Crippen LogP contribution in [0.4, 0.5) is 0 Å². The summed E-state index contributed by atoms with van der Waals surface area (Å²) in [5, 5.41) is 0. The van der Waals surface area contributed by atoms with Gasteiger partial charge in [0.25, 0.3) is 0 Å². The van der Waals surface area contributed by atoms with Gasteiger partial charge in [-0.3, -0.25) is 0 Å². The zero-order valence-electron chi connectivity index (χ0n) is 14.4. The van der Waals surface area contributed by atoms with E-state index >= 15 is 0 Å². The topological polar surface area (TPSA) is 72.9 Å². The third-order valence-electron chi connectivity index (χ3n) is 3.68. The second kappa shape index (κ2) is 8.13. The maximum atomic E-state index is 12.7. The molecular weight excluding hydrogens is 342 g/mol. The first kappa shape index (κ1) is 19.0. The van der Waals surface area contributed by atoms with Crippen LogP contribution in [0.5, 0.6) is 5.75 Å². The smallest absolute Gasteiger partial charge is 0.343 e. The van der Waals surface area contributed by atoms with Crippen molar-refractivity contribution < 1.29 is 22.7 Å². The van der Waals surface area contributed by atoms with Crippen molar-refractivity contribution in [3.8, 4) is 5.75 Å². The van der Waals surface area contributed by atoms with E-state index in [4.69, 9.17) is 4.74 Å². The van der Waals surface area contributed by atoms with Gasteiger partial charge in [0, 0.05) is 13.6 Å². The van der Waals surface area contributed by atoms with Gasteiger partial charge in [0.15, 0.2) is 6.61 Å². The van der Waals surface area contributed by atoms with E-state index in [1.165, 1.54) is 23.5 Å². The molecule has 0 heterocycles. The molecule has 0 atom stereocenters. The van der Waals surface area contributed by atoms with Crippen LogP contribution in [-0.2, 0) is 26.1 Å². The van der Waals surface area contributed by atoms with E-state index in [0.29, 0.717) is 11.3 Å². The molecule has 134 valence electrons. The van der Waals surface area contributed by atoms with Crippen LogP contribution in [0.3, 0.4) is 0 Å². The van der Waals surface area contributed by atoms with Crippen LogP contribution in [-0.4, -0.2) is 39.5 Å². The molecule has 0 aromatic heterocycles. The Morgan fingerprint density at radius 1 is 1.12 bits per heavy atom. The molecule has 0 spiro atoms. The SMILES string of the molecule is COC(=O)COc1ccc(S(=O)(=O)N(C)Cc2ccccc2)cc1C. The Morgan fingerprint density at radius 3 is 2.40 bits per heavy atom. The highest BCUT2D eigenvalue weighted by atomic mass is 32.2. The van der Waals surface area contributed by atoms with Crippen molar-refractivity contribution in [3.63, 3.8) is 0 Å². The predicted octanol–water partition coefficient (Wildman–Crippen LogP) is 2.37. The molecule has 0 radical (unpaired) electrons. The van der Waals surface area contributed by atoms with Crippen molar-refractivity contribution >= 4 is 16.0 Å². The lowest BCUT2D eigenvalue weighted by atomic mass is 10.2. The summed E-state index contributed by atoms with van der Waals surface area (Å²) >= 11 is 0. The Bertz CT molecular complexity index is 834. The van der Waals surface area contributed by atoms with Crippen molar-refractivity contribution in [1.29, 1.82) is 0 Å². The molecule has 2 aromatic rings. The minimum atomic E-state index is -3.63. The van der Waals surface area contributed by atoms with Crippen LogP contribution in [0.25, 0.3) is 0 Å². The van der Waals surface area contributed by atoms with Crippen LogP contribution in [0.15, 0.2) is 53.4 Å². The molecule has 7 heteroatoms. The first-order valence-corrected chi connectivity index (χ1v) is 9.09. The summed E-state index contributed by atoms with van der Waals surface area (Å²) in [5.74, 6) is -0.0613. The molecule has 0 N–H and O–H groups in total. The number of hydrogen-bond donors (Lipinski definition) is 0. The number of carbonyl (C=O) groups excluding carboxylic acids is 1. The monoisotopic (exact) mass is 363 g/mol. The van der Waals surface area contributed by atoms with Gasteiger partial charge in [-0.15, -0.1) is 0 Å². The van der Waals surface area contributed by atoms with Crippen molar-refractivity contribution in [1.82, 2.24) is 4.31 Å². The van der Waals surface area contributed by atoms with Gasteiger partial charge in [-0.2, -0.15) is 4.31 Å². The lowest BCUT2D eigenvalue weighted by molar-refractivity contribution is -0.142. The largest absolute Gasteiger partial charge is 0.482 e. The highest BCUT2D eigenvalue weighted by Crippen LogP contribution is 2.24. The Kier molecular flexibility index (Phi) is 6.17. The number of nitrogens with zero attached hydrogens (tertiary/aromatic N) is 1. The van der Waals surface area contributed by atoms with Gasteiger partial charge < -0.3 is 9.47 Å². The fraction of sp³-hybridized carbons (Fsp3) is 0.278. The predicted molar refractivity (Wildman–Crippen MR) is 93.8 cm³/mol. The van der Waals surface area contributed by atoms with Crippen molar-refractivity contribution in [2.75, 3.05) is 20.8 Å². The lowest BCUT2D eigenvalue weighted by Crippen LogP contribution is -2.26. The van der Waals surface area contributed by atoms with E-state index < -0.39 is 16.0 Å². The van der Waals surface area contributed by atoms with Crippen molar-refractivity contribution in [2.45, 2.75) is 18.4 Å². The van der Waals surface area contributed by atoms with Gasteiger partial charge in [-0.05, 0) is 36.2 Å². The molecule has 2 aromatic carbocycles. The summed E-state index contributed by atoms with van der Waals surface area (Å²) in [6, 6.07) is 13.9. The number of methoxy groups -OCH3 is 1. The first-order valence-electron chi connectivity index (χ1n) is 7.65. The van der Waals surface area contributed by atoms with Gasteiger partial charge in [-0.25, -0.2) is 13.2 Å². The summed E-state index contributed by atoms with van der Waals surface area (Å²) in [7, 11) is -0.811. The number of carbonyl (C=O) groups is 1. The molecule has 0 fully saturated rings. The van der Waals surface area contributed by atoms with Crippen molar-refractivity contribution in [2.24, 2.45) is 0 Å². The first-order chi connectivity index (χ1) is 11.8. The third kappa shape index (κ3) is 4.80. The van der Waals surface area contributed by atoms with Crippen LogP contribution < -0.4 is 4.74 Å². The van der Waals surface area contributed by atoms with E-state index in [1.807, 2.05) is 30.3 Å². The van der Waals surface area contributed by atoms with E-state index in [9.17, 15) is 13.2 Å². The molecule has 0 aliphatic rings. The van der Waals surface area contributed by atoms with E-state index in [2.05, 4.69) is 4.74 Å². The summed E-state index contributed by atoms with van der Waals surface area (Å²) in [4.78, 5) is 11.3. The molecule has 0 aliphatic carbocycles. The van der Waals surface area contributed by atoms with Crippen LogP contribution in [0, 0.1) is 6.92 Å². The standard InChI is InChI=1S/C18H21NO5S/c1-14-11-16(9-10-17(14)24-13-18(20)23-3)25(21,22)19(2)12-15-7-5-4-6-8-15/h4-11H,12-13H2,1-3H3. The lowest BCUT2D eigenvalue weighted by Gasteiger charge is -2.18. The zero-order chi connectivity index (χ0) is 18.4. The molecule has 0 unspecified atom stereocenters. The average Bonchev–Trinajstić information content (AvgIpc) is 2.61. The van der Waals surface area contributed by atoms with E-state index in [-0.39, 0.29) is 18.0 Å². The minimum Gasteiger partial charge on any atom is -0.482 e. The number of rotatable bonds is 7. The van der Waals surface area contributed by atoms with Gasteiger partial charge in [0.1, 0.15) is 5.75 Å². The molecule has 0 aliphatic heterocycles. The van der Waals surface area contributed by atoms with Gasteiger partial charge >= 0.3 is 5.97 Å². The zero-order valence-corrected chi connectivity index (χ0v) is 15.2. The highest BCUT2D eigenvalue weighted by molar-refractivity contribution is 7.89. The number of aryl methyl sites for hydroxylation is 1. The maximum Gasteiger partial charge on any atom is 0.343 e. The molecule has 0 saturated carbocycles. The second-order valence-electron chi connectivity index (χ2n) is 5.54. The summed E-state index contributed by atoms with van der Waals surface area (Å²) in [6.07, 6.45) is 0. The molecule has 2 rings (SSSR count). The Balaban J connectivity index is 2.16. The molecule has 0 amide bonds. The van der Waals surface area contributed by atoms with E-state index in [0.717, 1.165) is 5.56 Å².